The highest BCUT2D eigenvalue weighted by Gasteiger charge is 2.16. The molecule has 10 heteroatoms. The van der Waals surface area contributed by atoms with Crippen molar-refractivity contribution in [3.63, 3.8) is 0 Å². The van der Waals surface area contributed by atoms with Gasteiger partial charge in [-0.15, -0.1) is 11.3 Å². The summed E-state index contributed by atoms with van der Waals surface area (Å²) in [4.78, 5) is 40.8. The van der Waals surface area contributed by atoms with Crippen molar-refractivity contribution in [2.45, 2.75) is 20.3 Å². The number of nitro benzene ring substituents is 1. The van der Waals surface area contributed by atoms with E-state index in [1.165, 1.54) is 34.4 Å². The van der Waals surface area contributed by atoms with Crippen molar-refractivity contribution in [2.75, 3.05) is 31.6 Å². The minimum atomic E-state index is -0.485. The average molecular weight is 433 g/mol. The molecule has 0 aliphatic heterocycles. The molecule has 0 spiro atoms. The second-order valence-corrected chi connectivity index (χ2v) is 7.19. The van der Waals surface area contributed by atoms with Crippen LogP contribution in [0.5, 0.6) is 0 Å². The van der Waals surface area contributed by atoms with Gasteiger partial charge in [0.05, 0.1) is 10.6 Å². The van der Waals surface area contributed by atoms with E-state index in [4.69, 9.17) is 4.74 Å². The molecule has 0 bridgehead atoms. The van der Waals surface area contributed by atoms with Crippen molar-refractivity contribution in [3.05, 3.63) is 57.1 Å². The number of nitrogens with zero attached hydrogens (tertiary/aromatic N) is 3. The van der Waals surface area contributed by atoms with Crippen LogP contribution >= 0.6 is 11.3 Å². The summed E-state index contributed by atoms with van der Waals surface area (Å²) in [5.74, 6) is -0.673. The number of hydrogen-bond acceptors (Lipinski definition) is 7. The Morgan fingerprint density at radius 1 is 1.33 bits per heavy atom. The van der Waals surface area contributed by atoms with Crippen LogP contribution in [0.15, 0.2) is 35.7 Å². The summed E-state index contributed by atoms with van der Waals surface area (Å²) in [6, 6.07) is 5.85. The van der Waals surface area contributed by atoms with Crippen molar-refractivity contribution in [3.8, 4) is 0 Å². The van der Waals surface area contributed by atoms with Gasteiger partial charge in [0.25, 0.3) is 5.69 Å². The number of ether oxygens (including phenoxy) is 1. The number of hydrogen-bond donors (Lipinski definition) is 1. The number of carbonyl (C=O) groups is 2. The van der Waals surface area contributed by atoms with Crippen LogP contribution in [-0.2, 0) is 14.3 Å². The fraction of sp³-hybridized carbons (Fsp3) is 0.350. The number of carbonyl (C=O) groups excluding carboxylic acids is 2. The first-order valence-corrected chi connectivity index (χ1v) is 10.3. The predicted molar refractivity (Wildman–Crippen MR) is 115 cm³/mol. The van der Waals surface area contributed by atoms with E-state index in [1.54, 1.807) is 18.2 Å². The third-order valence-electron chi connectivity index (χ3n) is 3.95. The van der Waals surface area contributed by atoms with E-state index in [0.29, 0.717) is 36.9 Å². The first-order valence-electron chi connectivity index (χ1n) is 9.40. The minimum Gasteiger partial charge on any atom is -0.382 e. The number of thiazole rings is 1. The Bertz CT molecular complexity index is 895. The van der Waals surface area contributed by atoms with E-state index in [0.717, 1.165) is 5.69 Å². The number of aromatic nitrogens is 1. The van der Waals surface area contributed by atoms with Crippen LogP contribution in [0.1, 0.15) is 24.6 Å². The number of rotatable bonds is 11. The molecule has 0 aliphatic carbocycles. The van der Waals surface area contributed by atoms with Crippen molar-refractivity contribution in [1.29, 1.82) is 0 Å². The summed E-state index contributed by atoms with van der Waals surface area (Å²) in [7, 11) is 0. The number of anilines is 1. The molecule has 160 valence electrons. The lowest BCUT2D eigenvalue weighted by Gasteiger charge is -2.20. The average Bonchev–Trinajstić information content (AvgIpc) is 3.13. The van der Waals surface area contributed by atoms with Crippen LogP contribution in [0.4, 0.5) is 10.8 Å². The second-order valence-electron chi connectivity index (χ2n) is 6.33. The topological polar surface area (TPSA) is 115 Å². The molecule has 1 heterocycles. The maximum atomic E-state index is 12.6. The number of aryl methyl sites for hydroxylation is 1. The van der Waals surface area contributed by atoms with Crippen LogP contribution in [0.25, 0.3) is 6.08 Å². The molecule has 0 atom stereocenters. The summed E-state index contributed by atoms with van der Waals surface area (Å²) < 4.78 is 5.31. The molecule has 30 heavy (non-hydrogen) atoms. The van der Waals surface area contributed by atoms with E-state index in [-0.39, 0.29) is 24.0 Å². The molecular weight excluding hydrogens is 408 g/mol. The Hall–Kier alpha value is -3.11. The van der Waals surface area contributed by atoms with Crippen molar-refractivity contribution in [1.82, 2.24) is 9.88 Å². The standard InChI is InChI=1S/C20H24N4O5S/c1-3-29-12-4-11-23(13-18(25)22-20-21-15(2)14-30-20)19(26)10-7-16-5-8-17(9-6-16)24(27)28/h5-10,14H,3-4,11-13H2,1-2H3,(H,21,22,25)/b10-7+. The van der Waals surface area contributed by atoms with Gasteiger partial charge in [0.1, 0.15) is 6.54 Å². The third kappa shape index (κ3) is 7.72. The van der Waals surface area contributed by atoms with Crippen LogP contribution < -0.4 is 5.32 Å². The molecule has 0 unspecified atom stereocenters. The van der Waals surface area contributed by atoms with E-state index < -0.39 is 4.92 Å². The minimum absolute atomic E-state index is 0.0230. The van der Waals surface area contributed by atoms with Crippen LogP contribution in [0, 0.1) is 17.0 Å². The van der Waals surface area contributed by atoms with Gasteiger partial charge in [-0.05, 0) is 44.0 Å². The number of amides is 2. The molecule has 2 amide bonds. The fourth-order valence-electron chi connectivity index (χ4n) is 2.49. The normalized spacial score (nSPS) is 10.9. The molecule has 1 aromatic heterocycles. The highest BCUT2D eigenvalue weighted by molar-refractivity contribution is 7.13. The van der Waals surface area contributed by atoms with E-state index in [9.17, 15) is 19.7 Å². The lowest BCUT2D eigenvalue weighted by molar-refractivity contribution is -0.384. The number of benzene rings is 1. The SMILES string of the molecule is CCOCCCN(CC(=O)Nc1nc(C)cs1)C(=O)/C=C/c1ccc([N+](=O)[O-])cc1. The van der Waals surface area contributed by atoms with E-state index >= 15 is 0 Å². The Kier molecular flexibility index (Phi) is 9.10. The Labute approximate surface area is 178 Å². The van der Waals surface area contributed by atoms with Crippen LogP contribution in [-0.4, -0.2) is 52.9 Å². The Morgan fingerprint density at radius 2 is 2.07 bits per heavy atom. The first kappa shape index (κ1) is 23.2. The summed E-state index contributed by atoms with van der Waals surface area (Å²) >= 11 is 1.32. The number of nitrogens with one attached hydrogen (secondary N) is 1. The molecule has 2 rings (SSSR count). The maximum absolute atomic E-state index is 12.6. The van der Waals surface area contributed by atoms with Crippen molar-refractivity contribution >= 4 is 40.0 Å². The zero-order valence-electron chi connectivity index (χ0n) is 16.9. The predicted octanol–water partition coefficient (Wildman–Crippen LogP) is 3.27. The third-order valence-corrected chi connectivity index (χ3v) is 4.83. The van der Waals surface area contributed by atoms with Gasteiger partial charge >= 0.3 is 0 Å². The van der Waals surface area contributed by atoms with Gasteiger partial charge in [-0.2, -0.15) is 0 Å². The zero-order chi connectivity index (χ0) is 21.9. The largest absolute Gasteiger partial charge is 0.382 e. The highest BCUT2D eigenvalue weighted by Crippen LogP contribution is 2.15. The van der Waals surface area contributed by atoms with Crippen LogP contribution in [0.3, 0.4) is 0 Å². The molecule has 0 saturated heterocycles. The monoisotopic (exact) mass is 432 g/mol. The van der Waals surface area contributed by atoms with Gasteiger partial charge in [-0.1, -0.05) is 0 Å². The lowest BCUT2D eigenvalue weighted by atomic mass is 10.2. The highest BCUT2D eigenvalue weighted by atomic mass is 32.1. The first-order chi connectivity index (χ1) is 14.4. The molecule has 2 aromatic rings. The lowest BCUT2D eigenvalue weighted by Crippen LogP contribution is -2.38. The Balaban J connectivity index is 2.01. The smallest absolute Gasteiger partial charge is 0.269 e. The van der Waals surface area contributed by atoms with Gasteiger partial charge in [0.2, 0.25) is 11.8 Å². The van der Waals surface area contributed by atoms with Crippen molar-refractivity contribution < 1.29 is 19.2 Å². The van der Waals surface area contributed by atoms with E-state index in [1.807, 2.05) is 19.2 Å². The van der Waals surface area contributed by atoms with Crippen LogP contribution in [0.2, 0.25) is 0 Å². The summed E-state index contributed by atoms with van der Waals surface area (Å²) in [5.41, 5.74) is 1.43. The molecule has 0 saturated carbocycles. The zero-order valence-corrected chi connectivity index (χ0v) is 17.7. The summed E-state index contributed by atoms with van der Waals surface area (Å²) in [5, 5.41) is 15.7. The molecule has 9 nitrogen and oxygen atoms in total. The molecular formula is C20H24N4O5S. The fourth-order valence-corrected chi connectivity index (χ4v) is 3.20. The number of non-ortho nitro benzene ring substituents is 1. The van der Waals surface area contributed by atoms with Gasteiger partial charge < -0.3 is 15.0 Å². The molecule has 1 aromatic carbocycles. The number of nitro groups is 1. The van der Waals surface area contributed by atoms with Gasteiger partial charge in [-0.3, -0.25) is 19.7 Å². The molecule has 0 radical (unpaired) electrons. The molecule has 0 fully saturated rings. The second kappa shape index (κ2) is 11.8. The molecule has 0 aliphatic rings. The van der Waals surface area contributed by atoms with Crippen molar-refractivity contribution in [2.24, 2.45) is 0 Å². The van der Waals surface area contributed by atoms with Gasteiger partial charge in [-0.25, -0.2) is 4.98 Å². The summed E-state index contributed by atoms with van der Waals surface area (Å²) in [6.45, 7) is 5.03. The van der Waals surface area contributed by atoms with E-state index in [2.05, 4.69) is 10.3 Å². The summed E-state index contributed by atoms with van der Waals surface area (Å²) in [6.07, 6.45) is 3.50. The molecule has 1 N–H and O–H groups in total. The Morgan fingerprint density at radius 3 is 2.67 bits per heavy atom. The maximum Gasteiger partial charge on any atom is 0.269 e. The quantitative estimate of drug-likeness (QED) is 0.252. The van der Waals surface area contributed by atoms with Gasteiger partial charge in [0, 0.05) is 43.3 Å². The van der Waals surface area contributed by atoms with Gasteiger partial charge in [0.15, 0.2) is 5.13 Å².